The molecule has 0 aromatic rings. The molecule has 0 bridgehead atoms. The predicted octanol–water partition coefficient (Wildman–Crippen LogP) is 1.59. The van der Waals surface area contributed by atoms with Crippen molar-refractivity contribution in [3.63, 3.8) is 0 Å². The topological polar surface area (TPSA) is 60.9 Å². The number of carbonyl (C=O) groups is 2. The molecule has 0 aromatic carbocycles. The molecular weight excluding hydrogens is 240 g/mol. The molecule has 5 nitrogen and oxygen atoms in total. The summed E-state index contributed by atoms with van der Waals surface area (Å²) in [6.45, 7) is 4.12. The van der Waals surface area contributed by atoms with E-state index in [0.717, 1.165) is 12.2 Å². The summed E-state index contributed by atoms with van der Waals surface area (Å²) >= 11 is 1.67. The summed E-state index contributed by atoms with van der Waals surface area (Å²) in [7, 11) is 1.72. The number of urea groups is 1. The van der Waals surface area contributed by atoms with E-state index >= 15 is 0 Å². The van der Waals surface area contributed by atoms with Crippen molar-refractivity contribution >= 4 is 23.8 Å². The Hall–Kier alpha value is -0.910. The van der Waals surface area contributed by atoms with Crippen LogP contribution in [0.15, 0.2) is 0 Å². The van der Waals surface area contributed by atoms with E-state index in [-0.39, 0.29) is 18.6 Å². The van der Waals surface area contributed by atoms with Gasteiger partial charge in [-0.05, 0) is 19.6 Å². The molecule has 0 aliphatic carbocycles. The van der Waals surface area contributed by atoms with Crippen LogP contribution in [0.1, 0.15) is 20.3 Å². The monoisotopic (exact) mass is 262 g/mol. The van der Waals surface area contributed by atoms with Gasteiger partial charge in [-0.2, -0.15) is 11.8 Å². The number of carboxylic acids is 1. The van der Waals surface area contributed by atoms with E-state index in [4.69, 9.17) is 5.11 Å². The Labute approximate surface area is 107 Å². The average molecular weight is 262 g/mol. The van der Waals surface area contributed by atoms with Gasteiger partial charge < -0.3 is 14.9 Å². The molecule has 2 amide bonds. The van der Waals surface area contributed by atoms with Crippen molar-refractivity contribution in [3.8, 4) is 0 Å². The maximum absolute atomic E-state index is 12.1. The summed E-state index contributed by atoms with van der Waals surface area (Å²) < 4.78 is 0. The van der Waals surface area contributed by atoms with Crippen LogP contribution in [-0.4, -0.2) is 65.1 Å². The minimum atomic E-state index is -0.974. The molecule has 0 aliphatic heterocycles. The van der Waals surface area contributed by atoms with Gasteiger partial charge in [0.05, 0.1) is 0 Å². The Bertz CT molecular complexity index is 261. The van der Waals surface area contributed by atoms with Crippen molar-refractivity contribution in [1.82, 2.24) is 9.80 Å². The normalized spacial score (nSPS) is 12.0. The van der Waals surface area contributed by atoms with E-state index in [0.29, 0.717) is 6.54 Å². The number of hydrogen-bond acceptors (Lipinski definition) is 3. The Morgan fingerprint density at radius 1 is 1.41 bits per heavy atom. The Morgan fingerprint density at radius 2 is 2.00 bits per heavy atom. The van der Waals surface area contributed by atoms with Gasteiger partial charge in [0.2, 0.25) is 0 Å². The highest BCUT2D eigenvalue weighted by Gasteiger charge is 2.22. The van der Waals surface area contributed by atoms with Crippen LogP contribution in [0.3, 0.4) is 0 Å². The molecule has 0 fully saturated rings. The fourth-order valence-electron chi connectivity index (χ4n) is 1.44. The van der Waals surface area contributed by atoms with E-state index in [1.54, 1.807) is 23.7 Å². The molecule has 0 aromatic heterocycles. The minimum Gasteiger partial charge on any atom is -0.480 e. The molecular formula is C11H22N2O3S. The first-order valence-electron chi connectivity index (χ1n) is 5.66. The standard InChI is InChI=1S/C11H22N2O3S/c1-5-6-13(7-10(14)15)11(16)12(3)9(2)8-17-4/h9H,5-8H2,1-4H3,(H,14,15). The molecule has 100 valence electrons. The van der Waals surface area contributed by atoms with Crippen molar-refractivity contribution in [2.24, 2.45) is 0 Å². The SMILES string of the molecule is CCCN(CC(=O)O)C(=O)N(C)C(C)CSC. The van der Waals surface area contributed by atoms with E-state index < -0.39 is 5.97 Å². The third-order valence-electron chi connectivity index (χ3n) is 2.46. The van der Waals surface area contributed by atoms with E-state index in [9.17, 15) is 9.59 Å². The molecule has 0 saturated heterocycles. The van der Waals surface area contributed by atoms with Crippen molar-refractivity contribution in [2.45, 2.75) is 26.3 Å². The maximum atomic E-state index is 12.1. The molecule has 1 unspecified atom stereocenters. The molecule has 1 atom stereocenters. The van der Waals surface area contributed by atoms with E-state index in [1.807, 2.05) is 20.1 Å². The van der Waals surface area contributed by atoms with Crippen LogP contribution in [0.2, 0.25) is 0 Å². The number of aliphatic carboxylic acids is 1. The van der Waals surface area contributed by atoms with Gasteiger partial charge in [0.1, 0.15) is 6.54 Å². The number of rotatable bonds is 7. The average Bonchev–Trinajstić information content (AvgIpc) is 2.26. The smallest absolute Gasteiger partial charge is 0.323 e. The summed E-state index contributed by atoms with van der Waals surface area (Å²) in [5.41, 5.74) is 0. The van der Waals surface area contributed by atoms with Crippen molar-refractivity contribution in [3.05, 3.63) is 0 Å². The first kappa shape index (κ1) is 16.1. The lowest BCUT2D eigenvalue weighted by Crippen LogP contribution is -2.47. The van der Waals surface area contributed by atoms with Crippen LogP contribution in [0.25, 0.3) is 0 Å². The van der Waals surface area contributed by atoms with Gasteiger partial charge in [-0.15, -0.1) is 0 Å². The Kier molecular flexibility index (Phi) is 7.78. The molecule has 0 heterocycles. The fourth-order valence-corrected chi connectivity index (χ4v) is 2.15. The van der Waals surface area contributed by atoms with Gasteiger partial charge in [0, 0.05) is 25.4 Å². The molecule has 0 rings (SSSR count). The summed E-state index contributed by atoms with van der Waals surface area (Å²) in [5, 5.41) is 8.77. The molecule has 0 saturated carbocycles. The third kappa shape index (κ3) is 5.81. The van der Waals surface area contributed by atoms with E-state index in [2.05, 4.69) is 0 Å². The predicted molar refractivity (Wildman–Crippen MR) is 70.5 cm³/mol. The summed E-state index contributed by atoms with van der Waals surface area (Å²) in [4.78, 5) is 25.7. The number of thioether (sulfide) groups is 1. The van der Waals surface area contributed by atoms with Gasteiger partial charge in [-0.1, -0.05) is 6.92 Å². The zero-order valence-corrected chi connectivity index (χ0v) is 11.8. The second-order valence-electron chi connectivity index (χ2n) is 4.01. The van der Waals surface area contributed by atoms with Crippen LogP contribution in [-0.2, 0) is 4.79 Å². The first-order valence-corrected chi connectivity index (χ1v) is 7.05. The lowest BCUT2D eigenvalue weighted by atomic mass is 10.3. The zero-order valence-electron chi connectivity index (χ0n) is 11.0. The van der Waals surface area contributed by atoms with Crippen LogP contribution < -0.4 is 0 Å². The van der Waals surface area contributed by atoms with Crippen LogP contribution in [0.4, 0.5) is 4.79 Å². The minimum absolute atomic E-state index is 0.102. The van der Waals surface area contributed by atoms with Gasteiger partial charge in [0.15, 0.2) is 0 Å². The van der Waals surface area contributed by atoms with Crippen LogP contribution in [0, 0.1) is 0 Å². The van der Waals surface area contributed by atoms with Gasteiger partial charge in [0.25, 0.3) is 0 Å². The van der Waals surface area contributed by atoms with Crippen LogP contribution in [0.5, 0.6) is 0 Å². The Balaban J connectivity index is 4.52. The molecule has 6 heteroatoms. The highest BCUT2D eigenvalue weighted by Crippen LogP contribution is 2.07. The lowest BCUT2D eigenvalue weighted by molar-refractivity contribution is -0.137. The number of amides is 2. The molecule has 1 N–H and O–H groups in total. The Morgan fingerprint density at radius 3 is 2.41 bits per heavy atom. The summed E-state index contributed by atoms with van der Waals surface area (Å²) in [6, 6.07) is -0.110. The quantitative estimate of drug-likeness (QED) is 0.757. The molecule has 0 aliphatic rings. The lowest BCUT2D eigenvalue weighted by Gasteiger charge is -2.30. The number of hydrogen-bond donors (Lipinski definition) is 1. The molecule has 17 heavy (non-hydrogen) atoms. The largest absolute Gasteiger partial charge is 0.480 e. The fraction of sp³-hybridized carbons (Fsp3) is 0.818. The molecule has 0 spiro atoms. The second kappa shape index (κ2) is 8.22. The highest BCUT2D eigenvalue weighted by atomic mass is 32.2. The van der Waals surface area contributed by atoms with Gasteiger partial charge in [-0.3, -0.25) is 4.79 Å². The number of carboxylic acid groups (broad SMARTS) is 1. The van der Waals surface area contributed by atoms with Gasteiger partial charge in [-0.25, -0.2) is 4.79 Å². The summed E-state index contributed by atoms with van der Waals surface area (Å²) in [6.07, 6.45) is 2.74. The zero-order chi connectivity index (χ0) is 13.4. The van der Waals surface area contributed by atoms with E-state index in [1.165, 1.54) is 4.90 Å². The maximum Gasteiger partial charge on any atom is 0.323 e. The number of nitrogens with zero attached hydrogens (tertiary/aromatic N) is 2. The first-order chi connectivity index (χ1) is 7.93. The van der Waals surface area contributed by atoms with Crippen molar-refractivity contribution in [2.75, 3.05) is 32.1 Å². The second-order valence-corrected chi connectivity index (χ2v) is 4.92. The molecule has 0 radical (unpaired) electrons. The van der Waals surface area contributed by atoms with Gasteiger partial charge >= 0.3 is 12.0 Å². The number of carbonyl (C=O) groups excluding carboxylic acids is 1. The van der Waals surface area contributed by atoms with Crippen molar-refractivity contribution < 1.29 is 14.7 Å². The van der Waals surface area contributed by atoms with Crippen molar-refractivity contribution in [1.29, 1.82) is 0 Å². The highest BCUT2D eigenvalue weighted by molar-refractivity contribution is 7.98. The summed E-state index contributed by atoms with van der Waals surface area (Å²) in [5.74, 6) is -0.132. The van der Waals surface area contributed by atoms with Crippen LogP contribution >= 0.6 is 11.8 Å². The third-order valence-corrected chi connectivity index (χ3v) is 3.28.